The number of nitrogens with one attached hydrogen (secondary N) is 1. The number of hydroxylamine groups is 1. The molecule has 1 amide bonds. The number of amidine groups is 1. The minimum Gasteiger partial charge on any atom is -0.318 e. The van der Waals surface area contributed by atoms with Gasteiger partial charge in [0.1, 0.15) is 0 Å². The van der Waals surface area contributed by atoms with Crippen LogP contribution in [-0.2, 0) is 11.4 Å². The van der Waals surface area contributed by atoms with E-state index in [1.54, 1.807) is 11.8 Å². The highest BCUT2D eigenvalue weighted by Crippen LogP contribution is 2.43. The fourth-order valence-electron chi connectivity index (χ4n) is 5.64. The molecule has 186 valence electrons. The van der Waals surface area contributed by atoms with E-state index in [2.05, 4.69) is 85.5 Å². The summed E-state index contributed by atoms with van der Waals surface area (Å²) in [5.74, 6) is 0.785. The number of carbonyl (C=O) groups excluding carboxylic acids is 1. The largest absolute Gasteiger partial charge is 0.318 e. The Morgan fingerprint density at radius 3 is 2.64 bits per heavy atom. The minimum absolute atomic E-state index is 0.00459. The maximum atomic E-state index is 13.9. The smallest absolute Gasteiger partial charge is 0.257 e. The second-order valence-corrected chi connectivity index (χ2v) is 11.5. The average molecular weight is 501 g/mol. The van der Waals surface area contributed by atoms with Crippen molar-refractivity contribution in [1.29, 1.82) is 0 Å². The van der Waals surface area contributed by atoms with Gasteiger partial charge in [0.15, 0.2) is 11.4 Å². The lowest BCUT2D eigenvalue weighted by atomic mass is 9.93. The van der Waals surface area contributed by atoms with E-state index in [-0.39, 0.29) is 11.9 Å². The molecule has 1 N–H and O–H groups in total. The highest BCUT2D eigenvalue weighted by atomic mass is 32.2. The number of nitrogens with zero attached hydrogens (tertiary/aromatic N) is 3. The Bertz CT molecular complexity index is 1360. The van der Waals surface area contributed by atoms with E-state index in [9.17, 15) is 4.79 Å². The Morgan fingerprint density at radius 1 is 1.08 bits per heavy atom. The zero-order valence-electron chi connectivity index (χ0n) is 21.2. The average Bonchev–Trinajstić information content (AvgIpc) is 3.45. The van der Waals surface area contributed by atoms with Gasteiger partial charge in [-0.3, -0.25) is 14.6 Å². The number of hydrogen-bond donors (Lipinski definition) is 1. The molecule has 0 saturated carbocycles. The summed E-state index contributed by atoms with van der Waals surface area (Å²) in [6, 6.07) is 18.8. The molecule has 3 aliphatic heterocycles. The van der Waals surface area contributed by atoms with Crippen molar-refractivity contribution in [2.75, 3.05) is 18.0 Å². The third-order valence-electron chi connectivity index (χ3n) is 7.40. The lowest BCUT2D eigenvalue weighted by Crippen LogP contribution is -2.45. The minimum atomic E-state index is -0.525. The maximum Gasteiger partial charge on any atom is 0.257 e. The second kappa shape index (κ2) is 9.21. The zero-order chi connectivity index (χ0) is 25.0. The first-order valence-electron chi connectivity index (χ1n) is 12.8. The van der Waals surface area contributed by atoms with Crippen molar-refractivity contribution >= 4 is 39.3 Å². The SMILES string of the molecule is CC(C)C(NOC1c2cccc3cccc(c23)C(=O)N1Cc1ccc2c(c1)N1CCN=C1S2)C(C)C. The monoisotopic (exact) mass is 500 g/mol. The molecule has 1 unspecified atom stereocenters. The molecule has 0 saturated heterocycles. The molecule has 0 bridgehead atoms. The first kappa shape index (κ1) is 23.5. The molecule has 6 nitrogen and oxygen atoms in total. The standard InChI is InChI=1S/C29H32N4O2S/c1-17(2)26(18(3)4)31-35-28-22-10-6-8-20-7-5-9-21(25(20)22)27(34)33(28)16-19-11-12-24-23(15-19)32-14-13-30-29(32)36-24/h5-12,15,17-18,26,28,31H,13-14,16H2,1-4H3. The Balaban J connectivity index is 1.37. The van der Waals surface area contributed by atoms with Crippen LogP contribution in [0, 0.1) is 11.8 Å². The van der Waals surface area contributed by atoms with Gasteiger partial charge in [-0.2, -0.15) is 5.48 Å². The van der Waals surface area contributed by atoms with Crippen LogP contribution in [-0.4, -0.2) is 35.1 Å². The third kappa shape index (κ3) is 3.90. The van der Waals surface area contributed by atoms with Gasteiger partial charge in [-0.15, -0.1) is 0 Å². The molecule has 36 heavy (non-hydrogen) atoms. The van der Waals surface area contributed by atoms with Crippen LogP contribution in [0.4, 0.5) is 5.69 Å². The first-order chi connectivity index (χ1) is 17.4. The van der Waals surface area contributed by atoms with Gasteiger partial charge >= 0.3 is 0 Å². The van der Waals surface area contributed by atoms with Crippen LogP contribution >= 0.6 is 11.8 Å². The summed E-state index contributed by atoms with van der Waals surface area (Å²) in [4.78, 5) is 30.4. The molecule has 6 rings (SSSR count). The van der Waals surface area contributed by atoms with E-state index in [1.807, 2.05) is 17.0 Å². The van der Waals surface area contributed by atoms with Gasteiger partial charge in [-0.25, -0.2) is 0 Å². The van der Waals surface area contributed by atoms with Crippen LogP contribution < -0.4 is 10.4 Å². The van der Waals surface area contributed by atoms with Gasteiger partial charge in [-0.1, -0.05) is 64.1 Å². The maximum absolute atomic E-state index is 13.9. The number of carbonyl (C=O) groups is 1. The van der Waals surface area contributed by atoms with E-state index in [4.69, 9.17) is 4.84 Å². The van der Waals surface area contributed by atoms with Crippen LogP contribution in [0.5, 0.6) is 0 Å². The van der Waals surface area contributed by atoms with E-state index >= 15 is 0 Å². The molecule has 0 aromatic heterocycles. The first-order valence-corrected chi connectivity index (χ1v) is 13.6. The van der Waals surface area contributed by atoms with Gasteiger partial charge in [0.05, 0.1) is 12.2 Å². The quantitative estimate of drug-likeness (QED) is 0.405. The summed E-state index contributed by atoms with van der Waals surface area (Å²) in [6.45, 7) is 11.0. The Hall–Kier alpha value is -2.87. The molecule has 3 heterocycles. The van der Waals surface area contributed by atoms with Gasteiger partial charge < -0.3 is 9.80 Å². The zero-order valence-corrected chi connectivity index (χ0v) is 22.0. The van der Waals surface area contributed by atoms with E-state index in [0.29, 0.717) is 18.4 Å². The third-order valence-corrected chi connectivity index (χ3v) is 8.50. The van der Waals surface area contributed by atoms with Crippen molar-refractivity contribution < 1.29 is 9.63 Å². The van der Waals surface area contributed by atoms with Gasteiger partial charge in [0.2, 0.25) is 0 Å². The molecular formula is C29H32N4O2S. The number of rotatable bonds is 7. The van der Waals surface area contributed by atoms with Crippen LogP contribution in [0.2, 0.25) is 0 Å². The van der Waals surface area contributed by atoms with Crippen molar-refractivity contribution in [2.24, 2.45) is 16.8 Å². The molecule has 3 aromatic rings. The Morgan fingerprint density at radius 2 is 1.86 bits per heavy atom. The number of aliphatic imine (C=N–C) groups is 1. The lowest BCUT2D eigenvalue weighted by molar-refractivity contribution is -0.124. The van der Waals surface area contributed by atoms with Crippen molar-refractivity contribution in [3.05, 3.63) is 71.3 Å². The van der Waals surface area contributed by atoms with Crippen LogP contribution in [0.1, 0.15) is 55.4 Å². The molecule has 3 aromatic carbocycles. The Labute approximate surface area is 216 Å². The molecule has 0 aliphatic carbocycles. The highest BCUT2D eigenvalue weighted by molar-refractivity contribution is 8.14. The van der Waals surface area contributed by atoms with Crippen LogP contribution in [0.15, 0.2) is 64.5 Å². The van der Waals surface area contributed by atoms with Crippen molar-refractivity contribution in [3.63, 3.8) is 0 Å². The summed E-state index contributed by atoms with van der Waals surface area (Å²) in [6.07, 6.45) is -0.525. The lowest BCUT2D eigenvalue weighted by Gasteiger charge is -2.38. The Kier molecular flexibility index (Phi) is 6.02. The molecular weight excluding hydrogens is 468 g/mol. The van der Waals surface area contributed by atoms with E-state index in [0.717, 1.165) is 45.7 Å². The molecule has 0 fully saturated rings. The van der Waals surface area contributed by atoms with Crippen LogP contribution in [0.3, 0.4) is 0 Å². The predicted molar refractivity (Wildman–Crippen MR) is 146 cm³/mol. The van der Waals surface area contributed by atoms with E-state index < -0.39 is 6.23 Å². The fraction of sp³-hybridized carbons (Fsp3) is 0.379. The van der Waals surface area contributed by atoms with E-state index in [1.165, 1.54) is 10.6 Å². The summed E-state index contributed by atoms with van der Waals surface area (Å²) < 4.78 is 0. The van der Waals surface area contributed by atoms with Gasteiger partial charge in [0.25, 0.3) is 5.91 Å². The number of hydrogen-bond acceptors (Lipinski definition) is 6. The molecule has 0 radical (unpaired) electrons. The normalized spacial score (nSPS) is 18.6. The van der Waals surface area contributed by atoms with Crippen molar-refractivity contribution in [3.8, 4) is 0 Å². The summed E-state index contributed by atoms with van der Waals surface area (Å²) in [5.41, 5.74) is 7.38. The molecule has 7 heteroatoms. The summed E-state index contributed by atoms with van der Waals surface area (Å²) in [7, 11) is 0. The van der Waals surface area contributed by atoms with Crippen LogP contribution in [0.25, 0.3) is 10.8 Å². The number of thioether (sulfide) groups is 1. The van der Waals surface area contributed by atoms with Gasteiger partial charge in [-0.05, 0) is 52.7 Å². The summed E-state index contributed by atoms with van der Waals surface area (Å²) >= 11 is 1.73. The fourth-order valence-corrected chi connectivity index (χ4v) is 6.70. The number of benzene rings is 3. The van der Waals surface area contributed by atoms with Crippen molar-refractivity contribution in [1.82, 2.24) is 10.4 Å². The number of anilines is 1. The topological polar surface area (TPSA) is 57.2 Å². The number of amides is 1. The predicted octanol–water partition coefficient (Wildman–Crippen LogP) is 5.98. The molecule has 0 spiro atoms. The molecule has 1 atom stereocenters. The van der Waals surface area contributed by atoms with Crippen molar-refractivity contribution in [2.45, 2.75) is 51.4 Å². The van der Waals surface area contributed by atoms with Gasteiger partial charge in [0, 0.05) is 40.5 Å². The molecule has 3 aliphatic rings. The second-order valence-electron chi connectivity index (χ2n) is 10.5. The highest BCUT2D eigenvalue weighted by Gasteiger charge is 2.37. The summed E-state index contributed by atoms with van der Waals surface area (Å²) in [5, 5.41) is 3.13. The number of fused-ring (bicyclic) bond motifs is 3.